The Bertz CT molecular complexity index is 1580. The van der Waals surface area contributed by atoms with E-state index in [0.29, 0.717) is 42.4 Å². The Morgan fingerprint density at radius 3 is 2.63 bits per heavy atom. The number of hydrogen-bond acceptors (Lipinski definition) is 11. The van der Waals surface area contributed by atoms with Gasteiger partial charge in [-0.3, -0.25) is 24.8 Å². The van der Waals surface area contributed by atoms with Crippen molar-refractivity contribution in [3.05, 3.63) is 76.4 Å². The quantitative estimate of drug-likeness (QED) is 0.0754. The molecule has 3 amide bonds. The average molecular weight is 711 g/mol. The monoisotopic (exact) mass is 710 g/mol. The molecule has 15 heteroatoms. The van der Waals surface area contributed by atoms with E-state index in [1.807, 2.05) is 55.5 Å². The van der Waals surface area contributed by atoms with E-state index in [0.717, 1.165) is 52.5 Å². The summed E-state index contributed by atoms with van der Waals surface area (Å²) in [7, 11) is 1.59. The second kappa shape index (κ2) is 18.7. The number of aryl methyl sites for hydroxylation is 1. The molecule has 264 valence electrons. The summed E-state index contributed by atoms with van der Waals surface area (Å²) < 4.78 is 0. The molecule has 0 bridgehead atoms. The van der Waals surface area contributed by atoms with Gasteiger partial charge in [0, 0.05) is 62.6 Å². The van der Waals surface area contributed by atoms with E-state index in [-0.39, 0.29) is 30.9 Å². The van der Waals surface area contributed by atoms with E-state index in [4.69, 9.17) is 28.8 Å². The Balaban J connectivity index is 1.47. The van der Waals surface area contributed by atoms with Gasteiger partial charge in [-0.15, -0.1) is 0 Å². The summed E-state index contributed by atoms with van der Waals surface area (Å²) in [5, 5.41) is 11.5. The molecule has 3 atom stereocenters. The standard InChI is InChI=1S/C34H47ClN10O3S/c1-22-7-3-4-9-28(22)43-44(2)34(48)30(17-37)42-32(47)29(10-5-12-36)41-19-23-8-6-13-40-33(23)49-31-24(18-39-21-46)15-26(16-27(31)35)45-14-11-25(38)20-45/h3-4,6-9,13,15-16,21,25,29-30,41,43H,5,10-12,14,17-20,36-38H2,1-2H3,(H,39,46)(H,42,47)/t25?,29-,30-/m0/s1. The molecule has 3 aromatic rings. The molecule has 1 saturated heterocycles. The first-order valence-electron chi connectivity index (χ1n) is 16.3. The molecule has 49 heavy (non-hydrogen) atoms. The number of likely N-dealkylation sites (N-methyl/N-ethyl adjacent to an activating group) is 1. The van der Waals surface area contributed by atoms with Gasteiger partial charge in [-0.25, -0.2) is 4.98 Å². The number of nitrogens with two attached hydrogens (primary N) is 3. The highest BCUT2D eigenvalue weighted by atomic mass is 35.5. The number of carbonyl (C=O) groups excluding carboxylic acids is 3. The zero-order valence-corrected chi connectivity index (χ0v) is 29.5. The molecule has 1 aliphatic heterocycles. The molecule has 1 unspecified atom stereocenters. The lowest BCUT2D eigenvalue weighted by Crippen LogP contribution is -2.56. The van der Waals surface area contributed by atoms with Crippen LogP contribution in [0.25, 0.3) is 0 Å². The SMILES string of the molecule is Cc1ccccc1NN(C)C(=O)[C@H](CN)NC(=O)[C@H](CCCN)NCc1cccnc1Sc1c(Cl)cc(N2CCC(N)C2)cc1CNC=O. The number of nitrogens with one attached hydrogen (secondary N) is 4. The van der Waals surface area contributed by atoms with Gasteiger partial charge < -0.3 is 38.1 Å². The minimum Gasteiger partial charge on any atom is -0.370 e. The van der Waals surface area contributed by atoms with Crippen LogP contribution in [0.3, 0.4) is 0 Å². The van der Waals surface area contributed by atoms with E-state index >= 15 is 0 Å². The van der Waals surface area contributed by atoms with Crippen LogP contribution in [0.1, 0.15) is 36.0 Å². The summed E-state index contributed by atoms with van der Waals surface area (Å²) >= 11 is 8.27. The molecule has 13 nitrogen and oxygen atoms in total. The largest absolute Gasteiger partial charge is 0.370 e. The maximum Gasteiger partial charge on any atom is 0.264 e. The molecule has 2 aromatic carbocycles. The zero-order valence-electron chi connectivity index (χ0n) is 28.0. The molecule has 1 fully saturated rings. The van der Waals surface area contributed by atoms with Gasteiger partial charge in [0.05, 0.1) is 16.8 Å². The Morgan fingerprint density at radius 2 is 1.94 bits per heavy atom. The number of pyridine rings is 1. The predicted molar refractivity (Wildman–Crippen MR) is 195 cm³/mol. The highest BCUT2D eigenvalue weighted by molar-refractivity contribution is 7.99. The lowest BCUT2D eigenvalue weighted by molar-refractivity contribution is -0.134. The first-order chi connectivity index (χ1) is 23.6. The Labute approximate surface area is 297 Å². The van der Waals surface area contributed by atoms with Gasteiger partial charge in [0.25, 0.3) is 5.91 Å². The van der Waals surface area contributed by atoms with E-state index in [1.165, 1.54) is 16.8 Å². The van der Waals surface area contributed by atoms with Crippen molar-refractivity contribution in [1.29, 1.82) is 0 Å². The maximum atomic E-state index is 13.6. The summed E-state index contributed by atoms with van der Waals surface area (Å²) in [5.74, 6) is -0.736. The lowest BCUT2D eigenvalue weighted by Gasteiger charge is -2.27. The maximum absolute atomic E-state index is 13.6. The third-order valence-electron chi connectivity index (χ3n) is 8.29. The van der Waals surface area contributed by atoms with Crippen molar-refractivity contribution in [2.75, 3.05) is 43.6 Å². The van der Waals surface area contributed by atoms with Crippen LogP contribution in [0.4, 0.5) is 11.4 Å². The lowest BCUT2D eigenvalue weighted by atomic mass is 10.1. The summed E-state index contributed by atoms with van der Waals surface area (Å²) in [4.78, 5) is 45.6. The van der Waals surface area contributed by atoms with Crippen LogP contribution in [0, 0.1) is 6.92 Å². The molecule has 1 aromatic heterocycles. The van der Waals surface area contributed by atoms with E-state index in [2.05, 4.69) is 31.3 Å². The first kappa shape index (κ1) is 37.9. The number of amides is 3. The molecular weight excluding hydrogens is 664 g/mol. The number of halogens is 1. The van der Waals surface area contributed by atoms with E-state index in [1.54, 1.807) is 13.2 Å². The van der Waals surface area contributed by atoms with Crippen molar-refractivity contribution in [2.24, 2.45) is 17.2 Å². The van der Waals surface area contributed by atoms with Crippen LogP contribution >= 0.6 is 23.4 Å². The van der Waals surface area contributed by atoms with Gasteiger partial charge in [0.15, 0.2) is 0 Å². The third-order valence-corrected chi connectivity index (χ3v) is 9.94. The zero-order chi connectivity index (χ0) is 35.3. The topological polar surface area (TPSA) is 197 Å². The van der Waals surface area contributed by atoms with Crippen LogP contribution in [0.15, 0.2) is 64.6 Å². The summed E-state index contributed by atoms with van der Waals surface area (Å²) in [6.07, 6.45) is 4.29. The van der Waals surface area contributed by atoms with Crippen molar-refractivity contribution in [3.8, 4) is 0 Å². The van der Waals surface area contributed by atoms with E-state index < -0.39 is 12.1 Å². The van der Waals surface area contributed by atoms with Crippen molar-refractivity contribution < 1.29 is 14.4 Å². The smallest absolute Gasteiger partial charge is 0.264 e. The highest BCUT2D eigenvalue weighted by Gasteiger charge is 2.27. The molecule has 0 aliphatic carbocycles. The number of hydrazine groups is 1. The van der Waals surface area contributed by atoms with Crippen molar-refractivity contribution in [3.63, 3.8) is 0 Å². The second-order valence-electron chi connectivity index (χ2n) is 12.0. The number of aromatic nitrogens is 1. The van der Waals surface area contributed by atoms with E-state index in [9.17, 15) is 14.4 Å². The number of nitrogens with zero attached hydrogens (tertiary/aromatic N) is 3. The molecule has 0 radical (unpaired) electrons. The van der Waals surface area contributed by atoms with Gasteiger partial charge >= 0.3 is 0 Å². The van der Waals surface area contributed by atoms with Crippen LogP contribution < -0.4 is 43.5 Å². The van der Waals surface area contributed by atoms with Crippen molar-refractivity contribution in [2.45, 2.75) is 67.3 Å². The normalized spacial score (nSPS) is 15.4. The van der Waals surface area contributed by atoms with Crippen LogP contribution in [0.2, 0.25) is 5.02 Å². The molecule has 1 aliphatic rings. The summed E-state index contributed by atoms with van der Waals surface area (Å²) in [5.41, 5.74) is 25.4. The number of anilines is 2. The van der Waals surface area contributed by atoms with Gasteiger partial charge in [0.2, 0.25) is 12.3 Å². The fourth-order valence-electron chi connectivity index (χ4n) is 5.53. The second-order valence-corrected chi connectivity index (χ2v) is 13.4. The third kappa shape index (κ3) is 10.5. The predicted octanol–water partition coefficient (Wildman–Crippen LogP) is 2.10. The molecule has 10 N–H and O–H groups in total. The van der Waals surface area contributed by atoms with Gasteiger partial charge in [-0.1, -0.05) is 47.6 Å². The number of rotatable bonds is 18. The Hall–Kier alpha value is -3.92. The fourth-order valence-corrected chi connectivity index (χ4v) is 6.87. The fraction of sp³-hybridized carbons (Fsp3) is 0.412. The average Bonchev–Trinajstić information content (AvgIpc) is 3.54. The van der Waals surface area contributed by atoms with Gasteiger partial charge in [-0.05, 0) is 73.7 Å². The number of para-hydroxylation sites is 1. The van der Waals surface area contributed by atoms with Crippen LogP contribution in [-0.2, 0) is 27.5 Å². The molecular formula is C34H47ClN10O3S. The Kier molecular flexibility index (Phi) is 14.5. The molecule has 0 spiro atoms. The minimum atomic E-state index is -0.944. The number of benzene rings is 2. The molecule has 4 rings (SSSR count). The number of carbonyl (C=O) groups is 3. The molecule has 2 heterocycles. The summed E-state index contributed by atoms with van der Waals surface area (Å²) in [6, 6.07) is 13.8. The van der Waals surface area contributed by atoms with Crippen LogP contribution in [-0.4, -0.2) is 79.6 Å². The van der Waals surface area contributed by atoms with Crippen molar-refractivity contribution >= 4 is 53.0 Å². The van der Waals surface area contributed by atoms with Crippen molar-refractivity contribution in [1.82, 2.24) is 25.9 Å². The Morgan fingerprint density at radius 1 is 1.14 bits per heavy atom. The highest BCUT2D eigenvalue weighted by Crippen LogP contribution is 2.40. The molecule has 0 saturated carbocycles. The number of hydrogen-bond donors (Lipinski definition) is 7. The van der Waals surface area contributed by atoms with Crippen LogP contribution in [0.5, 0.6) is 0 Å². The minimum absolute atomic E-state index is 0.0806. The van der Waals surface area contributed by atoms with Gasteiger partial charge in [0.1, 0.15) is 11.1 Å². The summed E-state index contributed by atoms with van der Waals surface area (Å²) in [6.45, 7) is 4.42. The van der Waals surface area contributed by atoms with Gasteiger partial charge in [-0.2, -0.15) is 0 Å². The first-order valence-corrected chi connectivity index (χ1v) is 17.5.